The molecule has 9 nitrogen and oxygen atoms in total. The van der Waals surface area contributed by atoms with Gasteiger partial charge < -0.3 is 21.5 Å². The highest BCUT2D eigenvalue weighted by atomic mass is 19.4. The molecule has 0 fully saturated rings. The van der Waals surface area contributed by atoms with Crippen molar-refractivity contribution in [1.82, 2.24) is 25.3 Å². The van der Waals surface area contributed by atoms with Crippen molar-refractivity contribution in [2.75, 3.05) is 18.1 Å². The van der Waals surface area contributed by atoms with Crippen molar-refractivity contribution in [2.45, 2.75) is 18.6 Å². The van der Waals surface area contributed by atoms with E-state index in [2.05, 4.69) is 25.3 Å². The number of carbonyl (C=O) groups excluding carboxylic acids is 1. The molecule has 0 saturated carbocycles. The predicted octanol–water partition coefficient (Wildman–Crippen LogP) is 2.07. The van der Waals surface area contributed by atoms with Crippen LogP contribution in [0.5, 0.6) is 5.88 Å². The molecule has 0 radical (unpaired) electrons. The molecular weight excluding hydrogens is 415 g/mol. The van der Waals surface area contributed by atoms with Gasteiger partial charge in [-0.2, -0.15) is 18.2 Å². The van der Waals surface area contributed by atoms with Gasteiger partial charge in [0, 0.05) is 18.2 Å². The number of halogens is 3. The average Bonchev–Trinajstić information content (AvgIpc) is 2.71. The largest absolute Gasteiger partial charge is 0.466 e. The van der Waals surface area contributed by atoms with Crippen molar-refractivity contribution in [2.24, 2.45) is 0 Å². The molecule has 0 bridgehead atoms. The maximum Gasteiger partial charge on any atom is 0.422 e. The highest BCUT2D eigenvalue weighted by Gasteiger charge is 2.31. The Bertz CT molecular complexity index is 1150. The first kappa shape index (κ1) is 20.3. The number of hydrogen-bond donors (Lipinski definition) is 3. The summed E-state index contributed by atoms with van der Waals surface area (Å²) in [5, 5.41) is 2.85. The average molecular weight is 431 g/mol. The Hall–Kier alpha value is -3.96. The number of nitrogens with two attached hydrogens (primary N) is 2. The van der Waals surface area contributed by atoms with E-state index >= 15 is 0 Å². The minimum absolute atomic E-state index is 0.0349. The molecular formula is C19H16F3N7O2. The summed E-state index contributed by atoms with van der Waals surface area (Å²) in [7, 11) is 0. The van der Waals surface area contributed by atoms with Crippen LogP contribution < -0.4 is 21.5 Å². The summed E-state index contributed by atoms with van der Waals surface area (Å²) in [6, 6.07) is 6.24. The van der Waals surface area contributed by atoms with E-state index in [1.165, 1.54) is 12.4 Å². The van der Waals surface area contributed by atoms with Crippen molar-refractivity contribution in [3.63, 3.8) is 0 Å². The fraction of sp³-hybridized carbons (Fsp3) is 0.211. The Morgan fingerprint density at radius 1 is 1.10 bits per heavy atom. The minimum Gasteiger partial charge on any atom is -0.466 e. The molecule has 0 spiro atoms. The van der Waals surface area contributed by atoms with Gasteiger partial charge in [-0.3, -0.25) is 4.79 Å². The third kappa shape index (κ3) is 4.32. The number of aromatic nitrogens is 4. The Kier molecular flexibility index (Phi) is 5.05. The van der Waals surface area contributed by atoms with Crippen LogP contribution in [0.25, 0.3) is 11.3 Å². The van der Waals surface area contributed by atoms with Crippen LogP contribution in [0.3, 0.4) is 0 Å². The third-order valence-electron chi connectivity index (χ3n) is 4.56. The molecule has 1 aliphatic rings. The van der Waals surface area contributed by atoms with E-state index in [9.17, 15) is 18.0 Å². The number of fused-ring (bicyclic) bond motifs is 1. The van der Waals surface area contributed by atoms with E-state index in [0.29, 0.717) is 28.8 Å². The van der Waals surface area contributed by atoms with Gasteiger partial charge in [-0.1, -0.05) is 24.3 Å². The third-order valence-corrected chi connectivity index (χ3v) is 4.56. The van der Waals surface area contributed by atoms with Crippen molar-refractivity contribution in [1.29, 1.82) is 0 Å². The van der Waals surface area contributed by atoms with E-state index in [4.69, 9.17) is 16.2 Å². The van der Waals surface area contributed by atoms with Gasteiger partial charge in [-0.15, -0.1) is 0 Å². The number of ether oxygens (including phenoxy) is 1. The molecule has 0 aliphatic carbocycles. The number of anilines is 2. The molecule has 160 valence electrons. The summed E-state index contributed by atoms with van der Waals surface area (Å²) in [5.74, 6) is -0.810. The molecule has 4 rings (SSSR count). The summed E-state index contributed by atoms with van der Waals surface area (Å²) in [6.45, 7) is -1.55. The molecule has 5 N–H and O–H groups in total. The Morgan fingerprint density at radius 2 is 1.87 bits per heavy atom. The van der Waals surface area contributed by atoms with E-state index in [1.54, 1.807) is 24.3 Å². The van der Waals surface area contributed by atoms with Crippen LogP contribution in [-0.2, 0) is 6.42 Å². The molecule has 1 aliphatic heterocycles. The van der Waals surface area contributed by atoms with Gasteiger partial charge in [0.05, 0.1) is 23.5 Å². The summed E-state index contributed by atoms with van der Waals surface area (Å²) in [5.41, 5.74) is 13.1. The Morgan fingerprint density at radius 3 is 2.65 bits per heavy atom. The molecule has 3 aromatic rings. The fourth-order valence-electron chi connectivity index (χ4n) is 3.28. The topological polar surface area (TPSA) is 142 Å². The van der Waals surface area contributed by atoms with Gasteiger partial charge in [0.2, 0.25) is 11.8 Å². The van der Waals surface area contributed by atoms with Crippen LogP contribution in [0.1, 0.15) is 27.7 Å². The van der Waals surface area contributed by atoms with Crippen molar-refractivity contribution in [3.05, 3.63) is 53.5 Å². The van der Waals surface area contributed by atoms with Crippen LogP contribution in [0, 0.1) is 0 Å². The number of nitrogen functional groups attached to an aromatic ring is 2. The number of amides is 1. The van der Waals surface area contributed by atoms with Gasteiger partial charge in [0.25, 0.3) is 5.91 Å². The second-order valence-electron chi connectivity index (χ2n) is 6.76. The zero-order chi connectivity index (χ0) is 22.2. The smallest absolute Gasteiger partial charge is 0.422 e. The number of carbonyl (C=O) groups is 1. The number of rotatable bonds is 4. The quantitative estimate of drug-likeness (QED) is 0.570. The predicted molar refractivity (Wildman–Crippen MR) is 104 cm³/mol. The van der Waals surface area contributed by atoms with E-state index < -0.39 is 24.7 Å². The highest BCUT2D eigenvalue weighted by Crippen LogP contribution is 2.35. The number of alkyl halides is 3. The van der Waals surface area contributed by atoms with Crippen LogP contribution in [0.2, 0.25) is 0 Å². The van der Waals surface area contributed by atoms with E-state index in [-0.39, 0.29) is 23.3 Å². The van der Waals surface area contributed by atoms with Crippen molar-refractivity contribution in [3.8, 4) is 17.1 Å². The second-order valence-corrected chi connectivity index (χ2v) is 6.76. The van der Waals surface area contributed by atoms with Crippen LogP contribution >= 0.6 is 0 Å². The second kappa shape index (κ2) is 7.70. The number of benzene rings is 1. The number of nitrogens with one attached hydrogen (secondary N) is 1. The Labute approximate surface area is 173 Å². The van der Waals surface area contributed by atoms with Gasteiger partial charge in [0.15, 0.2) is 6.61 Å². The summed E-state index contributed by atoms with van der Waals surface area (Å²) in [6.07, 6.45) is -1.70. The maximum atomic E-state index is 12.7. The summed E-state index contributed by atoms with van der Waals surface area (Å²) in [4.78, 5) is 28.5. The lowest BCUT2D eigenvalue weighted by Crippen LogP contribution is -2.36. The zero-order valence-electron chi connectivity index (χ0n) is 15.8. The van der Waals surface area contributed by atoms with E-state index in [0.717, 1.165) is 0 Å². The molecule has 31 heavy (non-hydrogen) atoms. The van der Waals surface area contributed by atoms with Crippen molar-refractivity contribution < 1.29 is 22.7 Å². The number of hydrogen-bond acceptors (Lipinski definition) is 8. The van der Waals surface area contributed by atoms with Gasteiger partial charge in [-0.05, 0) is 5.56 Å². The lowest BCUT2D eigenvalue weighted by molar-refractivity contribution is -0.154. The van der Waals surface area contributed by atoms with Crippen LogP contribution in [0.4, 0.5) is 24.9 Å². The lowest BCUT2D eigenvalue weighted by atomic mass is 9.91. The summed E-state index contributed by atoms with van der Waals surface area (Å²) >= 11 is 0. The van der Waals surface area contributed by atoms with Gasteiger partial charge in [0.1, 0.15) is 11.5 Å². The van der Waals surface area contributed by atoms with Crippen LogP contribution in [-0.4, -0.2) is 38.6 Å². The first-order chi connectivity index (χ1) is 14.7. The molecule has 0 saturated heterocycles. The highest BCUT2D eigenvalue weighted by molar-refractivity contribution is 5.96. The minimum atomic E-state index is -4.57. The molecule has 3 heterocycles. The fourth-order valence-corrected chi connectivity index (χ4v) is 3.28. The summed E-state index contributed by atoms with van der Waals surface area (Å²) < 4.78 is 42.9. The zero-order valence-corrected chi connectivity index (χ0v) is 15.8. The van der Waals surface area contributed by atoms with Gasteiger partial charge in [-0.25, -0.2) is 15.0 Å². The van der Waals surface area contributed by atoms with Gasteiger partial charge >= 0.3 is 6.18 Å². The Balaban J connectivity index is 1.75. The van der Waals surface area contributed by atoms with E-state index in [1.807, 2.05) is 0 Å². The first-order valence-electron chi connectivity index (χ1n) is 9.05. The normalized spacial score (nSPS) is 15.8. The first-order valence-corrected chi connectivity index (χ1v) is 9.05. The monoisotopic (exact) mass is 431 g/mol. The van der Waals surface area contributed by atoms with Crippen LogP contribution in [0.15, 0.2) is 36.7 Å². The standard InChI is InChI=1S/C19H16F3N7O2/c20-19(21,22)8-31-17-15(25-7-14(23)29-17)10-4-2-1-3-9(10)12-5-13-11(16(30)27-12)6-26-18(24)28-13/h1-4,6-7,12H,5,8H2,(H2,23,29)(H,27,30)(H2,24,26,28)/t12-/m1/s1. The molecule has 1 amide bonds. The molecule has 2 aromatic heterocycles. The molecule has 1 aromatic carbocycles. The molecule has 12 heteroatoms. The van der Waals surface area contributed by atoms with Crippen molar-refractivity contribution >= 4 is 17.7 Å². The SMILES string of the molecule is Nc1cnc(-c2ccccc2[C@H]2Cc3nc(N)ncc3C(=O)N2)c(OCC(F)(F)F)n1. The maximum absolute atomic E-state index is 12.7. The number of nitrogens with zero attached hydrogens (tertiary/aromatic N) is 4. The lowest BCUT2D eigenvalue weighted by Gasteiger charge is -2.27. The molecule has 1 atom stereocenters. The molecule has 0 unspecified atom stereocenters.